The van der Waals surface area contributed by atoms with Crippen molar-refractivity contribution in [1.82, 2.24) is 9.97 Å². The smallest absolute Gasteiger partial charge is 0.264 e. The standard InChI is InChI=1S/C12H13N3.C11H15F2N/c1-2-4-10(5-3-1)15-7-6-11-12(8-15)14-9-13-11;1-3-4-5-6-10(11(12)13)9(2)7-8-14/h1-5,9H,6-8H2,(H,13,14);4-8,11,14H,3H2,1-2H3/b;5-4-,9-7+,10-6+,14-8?. The number of alkyl halides is 2. The summed E-state index contributed by atoms with van der Waals surface area (Å²) in [4.78, 5) is 9.88. The highest BCUT2D eigenvalue weighted by Crippen LogP contribution is 2.21. The number of nitrogens with zero attached hydrogens (tertiary/aromatic N) is 2. The molecule has 6 heteroatoms. The van der Waals surface area contributed by atoms with E-state index >= 15 is 0 Å². The lowest BCUT2D eigenvalue weighted by Crippen LogP contribution is -2.30. The maximum Gasteiger partial charge on any atom is 0.264 e. The zero-order chi connectivity index (χ0) is 21.1. The van der Waals surface area contributed by atoms with Gasteiger partial charge in [0.15, 0.2) is 0 Å². The van der Waals surface area contributed by atoms with Crippen molar-refractivity contribution in [2.75, 3.05) is 11.4 Å². The van der Waals surface area contributed by atoms with Gasteiger partial charge in [-0.1, -0.05) is 43.4 Å². The molecule has 0 spiro atoms. The van der Waals surface area contributed by atoms with E-state index in [1.54, 1.807) is 25.4 Å². The fourth-order valence-corrected chi connectivity index (χ4v) is 2.98. The highest BCUT2D eigenvalue weighted by Gasteiger charge is 2.17. The summed E-state index contributed by atoms with van der Waals surface area (Å²) in [7, 11) is 0. The fourth-order valence-electron chi connectivity index (χ4n) is 2.98. The van der Waals surface area contributed by atoms with Gasteiger partial charge in [-0.3, -0.25) is 0 Å². The van der Waals surface area contributed by atoms with E-state index in [-0.39, 0.29) is 5.57 Å². The van der Waals surface area contributed by atoms with Crippen molar-refractivity contribution in [2.45, 2.75) is 39.7 Å². The Kier molecular flexibility index (Phi) is 9.02. The summed E-state index contributed by atoms with van der Waals surface area (Å²) in [5.74, 6) is 0. The van der Waals surface area contributed by atoms with Crippen LogP contribution in [-0.2, 0) is 13.0 Å². The number of hydrogen-bond acceptors (Lipinski definition) is 3. The molecule has 2 heterocycles. The average Bonchev–Trinajstić information content (AvgIpc) is 3.20. The Morgan fingerprint density at radius 3 is 2.69 bits per heavy atom. The minimum absolute atomic E-state index is 0.0294. The van der Waals surface area contributed by atoms with E-state index in [4.69, 9.17) is 5.41 Å². The third kappa shape index (κ3) is 6.82. The van der Waals surface area contributed by atoms with Gasteiger partial charge < -0.3 is 15.3 Å². The van der Waals surface area contributed by atoms with Crippen molar-refractivity contribution in [2.24, 2.45) is 0 Å². The van der Waals surface area contributed by atoms with Crippen LogP contribution in [0.15, 0.2) is 72.1 Å². The van der Waals surface area contributed by atoms with E-state index in [0.29, 0.717) is 5.57 Å². The highest BCUT2D eigenvalue weighted by atomic mass is 19.3. The molecule has 4 nitrogen and oxygen atoms in total. The molecule has 29 heavy (non-hydrogen) atoms. The van der Waals surface area contributed by atoms with Gasteiger partial charge in [-0.15, -0.1) is 0 Å². The summed E-state index contributed by atoms with van der Waals surface area (Å²) in [6, 6.07) is 10.5. The van der Waals surface area contributed by atoms with Crippen molar-refractivity contribution < 1.29 is 8.78 Å². The largest absolute Gasteiger partial charge is 0.365 e. The molecule has 0 unspecified atom stereocenters. The summed E-state index contributed by atoms with van der Waals surface area (Å²) in [5, 5.41) is 6.79. The molecule has 0 amide bonds. The van der Waals surface area contributed by atoms with Gasteiger partial charge in [-0.25, -0.2) is 13.8 Å². The molecular weight excluding hydrogens is 370 g/mol. The summed E-state index contributed by atoms with van der Waals surface area (Å²) in [6.07, 6.45) is 8.33. The second kappa shape index (κ2) is 11.7. The Labute approximate surface area is 171 Å². The summed E-state index contributed by atoms with van der Waals surface area (Å²) in [5.41, 5.74) is 4.17. The minimum Gasteiger partial charge on any atom is -0.365 e. The normalized spacial score (nSPS) is 14.6. The quantitative estimate of drug-likeness (QED) is 0.483. The van der Waals surface area contributed by atoms with E-state index in [2.05, 4.69) is 45.2 Å². The molecular formula is C23H28F2N4. The average molecular weight is 399 g/mol. The second-order valence-electron chi connectivity index (χ2n) is 6.61. The molecule has 0 radical (unpaired) electrons. The van der Waals surface area contributed by atoms with Crippen molar-refractivity contribution >= 4 is 11.9 Å². The van der Waals surface area contributed by atoms with Crippen LogP contribution in [-0.4, -0.2) is 29.2 Å². The van der Waals surface area contributed by atoms with Crippen LogP contribution in [0.4, 0.5) is 14.5 Å². The summed E-state index contributed by atoms with van der Waals surface area (Å²) >= 11 is 0. The lowest BCUT2D eigenvalue weighted by molar-refractivity contribution is 0.192. The third-order valence-corrected chi connectivity index (χ3v) is 4.57. The monoisotopic (exact) mass is 398 g/mol. The van der Waals surface area contributed by atoms with Crippen molar-refractivity contribution in [1.29, 1.82) is 5.41 Å². The van der Waals surface area contributed by atoms with Gasteiger partial charge in [0.1, 0.15) is 0 Å². The second-order valence-corrected chi connectivity index (χ2v) is 6.61. The van der Waals surface area contributed by atoms with Crippen molar-refractivity contribution in [3.05, 3.63) is 83.5 Å². The molecule has 0 atom stereocenters. The molecule has 0 aliphatic carbocycles. The Morgan fingerprint density at radius 1 is 1.28 bits per heavy atom. The Balaban J connectivity index is 0.000000208. The van der Waals surface area contributed by atoms with Crippen LogP contribution < -0.4 is 4.90 Å². The van der Waals surface area contributed by atoms with E-state index in [1.807, 2.05) is 6.92 Å². The molecule has 1 aliphatic rings. The molecule has 3 rings (SSSR count). The van der Waals surface area contributed by atoms with Crippen LogP contribution in [0.1, 0.15) is 31.7 Å². The van der Waals surface area contributed by atoms with E-state index in [9.17, 15) is 8.78 Å². The van der Waals surface area contributed by atoms with Gasteiger partial charge in [0.2, 0.25) is 0 Å². The van der Waals surface area contributed by atoms with E-state index in [1.165, 1.54) is 29.2 Å². The van der Waals surface area contributed by atoms with Crippen LogP contribution in [0.3, 0.4) is 0 Å². The number of anilines is 1. The molecule has 154 valence electrons. The van der Waals surface area contributed by atoms with Gasteiger partial charge in [0, 0.05) is 30.4 Å². The zero-order valence-electron chi connectivity index (χ0n) is 16.9. The van der Waals surface area contributed by atoms with E-state index in [0.717, 1.165) is 32.1 Å². The number of fused-ring (bicyclic) bond motifs is 1. The van der Waals surface area contributed by atoms with E-state index < -0.39 is 6.43 Å². The van der Waals surface area contributed by atoms with Crippen LogP contribution in [0.2, 0.25) is 0 Å². The molecule has 2 aromatic rings. The SMILES string of the molecule is CC\C=C/C=C(\C(C)=C\C=N)C(F)F.c1ccc(N2CCc3nc[nH]c3C2)cc1. The number of imidazole rings is 1. The number of rotatable bonds is 6. The lowest BCUT2D eigenvalue weighted by atomic mass is 10.1. The zero-order valence-corrected chi connectivity index (χ0v) is 16.9. The maximum absolute atomic E-state index is 12.5. The van der Waals surface area contributed by atoms with Crippen LogP contribution in [0.25, 0.3) is 0 Å². The molecule has 2 N–H and O–H groups in total. The van der Waals surface area contributed by atoms with Crippen LogP contribution in [0.5, 0.6) is 0 Å². The number of hydrogen-bond donors (Lipinski definition) is 2. The molecule has 0 saturated carbocycles. The van der Waals surface area contributed by atoms with Crippen LogP contribution in [0, 0.1) is 5.41 Å². The molecule has 1 aromatic heterocycles. The first-order chi connectivity index (χ1) is 14.1. The molecule has 0 bridgehead atoms. The van der Waals surface area contributed by atoms with Crippen molar-refractivity contribution in [3.63, 3.8) is 0 Å². The third-order valence-electron chi connectivity index (χ3n) is 4.57. The number of benzene rings is 1. The van der Waals surface area contributed by atoms with Gasteiger partial charge in [0.25, 0.3) is 6.43 Å². The minimum atomic E-state index is -2.49. The number of allylic oxidation sites excluding steroid dienone is 6. The summed E-state index contributed by atoms with van der Waals surface area (Å²) in [6.45, 7) is 5.51. The maximum atomic E-state index is 12.5. The Hall–Kier alpha value is -3.02. The Bertz CT molecular complexity index is 851. The van der Waals surface area contributed by atoms with Gasteiger partial charge >= 0.3 is 0 Å². The van der Waals surface area contributed by atoms with Gasteiger partial charge in [-0.2, -0.15) is 0 Å². The lowest BCUT2D eigenvalue weighted by Gasteiger charge is -2.28. The van der Waals surface area contributed by atoms with Crippen molar-refractivity contribution in [3.8, 4) is 0 Å². The van der Waals surface area contributed by atoms with Gasteiger partial charge in [-0.05, 0) is 37.1 Å². The first kappa shape index (κ1) is 22.3. The number of nitrogens with one attached hydrogen (secondary N) is 2. The number of H-pyrrole nitrogens is 1. The Morgan fingerprint density at radius 2 is 2.03 bits per heavy atom. The highest BCUT2D eigenvalue weighted by molar-refractivity contribution is 5.70. The molecule has 0 fully saturated rings. The van der Waals surface area contributed by atoms with Gasteiger partial charge in [0.05, 0.1) is 24.3 Å². The predicted molar refractivity (Wildman–Crippen MR) is 116 cm³/mol. The fraction of sp³-hybridized carbons (Fsp3) is 0.304. The first-order valence-electron chi connectivity index (χ1n) is 9.70. The molecule has 1 aromatic carbocycles. The molecule has 0 saturated heterocycles. The van der Waals surface area contributed by atoms with Crippen LogP contribution >= 0.6 is 0 Å². The number of aromatic amines is 1. The number of halogens is 2. The predicted octanol–water partition coefficient (Wildman–Crippen LogP) is 5.71. The first-order valence-corrected chi connectivity index (χ1v) is 9.70. The summed E-state index contributed by atoms with van der Waals surface area (Å²) < 4.78 is 25.0. The topological polar surface area (TPSA) is 55.8 Å². The number of aromatic nitrogens is 2. The molecule has 1 aliphatic heterocycles. The number of para-hydroxylation sites is 1.